The van der Waals surface area contributed by atoms with Gasteiger partial charge in [-0.25, -0.2) is 18.7 Å². The fourth-order valence-electron chi connectivity index (χ4n) is 2.94. The van der Waals surface area contributed by atoms with Gasteiger partial charge in [-0.15, -0.1) is 0 Å². The van der Waals surface area contributed by atoms with Crippen molar-refractivity contribution in [3.63, 3.8) is 0 Å². The van der Waals surface area contributed by atoms with Crippen LogP contribution in [-0.2, 0) is 6.18 Å². The van der Waals surface area contributed by atoms with Gasteiger partial charge < -0.3 is 25.3 Å². The summed E-state index contributed by atoms with van der Waals surface area (Å²) >= 11 is 0. The third-order valence-electron chi connectivity index (χ3n) is 4.49. The van der Waals surface area contributed by atoms with Crippen molar-refractivity contribution in [1.82, 2.24) is 9.97 Å². The molecule has 0 saturated carbocycles. The van der Waals surface area contributed by atoms with Crippen molar-refractivity contribution >= 4 is 17.5 Å². The minimum Gasteiger partial charge on any atom is -0.496 e. The molecule has 0 unspecified atom stereocenters. The van der Waals surface area contributed by atoms with Gasteiger partial charge in [0.05, 0.1) is 32.3 Å². The monoisotopic (exact) mass is 516 g/mol. The van der Waals surface area contributed by atoms with Gasteiger partial charge in [-0.05, 0) is 12.1 Å². The molecule has 0 aliphatic rings. The van der Waals surface area contributed by atoms with Gasteiger partial charge in [-0.3, -0.25) is 9.59 Å². The van der Waals surface area contributed by atoms with E-state index in [1.54, 1.807) is 0 Å². The molecule has 0 saturated heterocycles. The Labute approximate surface area is 197 Å². The van der Waals surface area contributed by atoms with E-state index in [4.69, 9.17) is 15.2 Å². The van der Waals surface area contributed by atoms with E-state index in [2.05, 4.69) is 14.7 Å². The maximum atomic E-state index is 15.2. The van der Waals surface area contributed by atoms with E-state index in [0.717, 1.165) is 32.7 Å². The zero-order valence-corrected chi connectivity index (χ0v) is 18.2. The van der Waals surface area contributed by atoms with Gasteiger partial charge in [0.25, 0.3) is 11.8 Å². The lowest BCUT2D eigenvalue weighted by atomic mass is 10.1. The smallest absolute Gasteiger partial charge is 0.422 e. The lowest BCUT2D eigenvalue weighted by Crippen LogP contribution is -2.20. The number of nitrogens with one attached hydrogen (secondary N) is 1. The zero-order valence-electron chi connectivity index (χ0n) is 18.2. The van der Waals surface area contributed by atoms with E-state index in [0.29, 0.717) is 12.1 Å². The van der Waals surface area contributed by atoms with Crippen LogP contribution in [0.1, 0.15) is 26.5 Å². The number of hydrogen-bond acceptors (Lipinski definition) is 7. The first-order valence-electron chi connectivity index (χ1n) is 9.49. The van der Waals surface area contributed by atoms with Gasteiger partial charge in [-0.1, -0.05) is 0 Å². The average molecular weight is 516 g/mol. The van der Waals surface area contributed by atoms with Crippen LogP contribution in [0.5, 0.6) is 23.0 Å². The van der Waals surface area contributed by atoms with Crippen LogP contribution in [0.4, 0.5) is 32.0 Å². The van der Waals surface area contributed by atoms with Crippen LogP contribution < -0.4 is 25.3 Å². The fourth-order valence-corrected chi connectivity index (χ4v) is 2.94. The molecule has 36 heavy (non-hydrogen) atoms. The highest BCUT2D eigenvalue weighted by Gasteiger charge is 2.41. The van der Waals surface area contributed by atoms with E-state index in [1.807, 2.05) is 5.32 Å². The van der Waals surface area contributed by atoms with Gasteiger partial charge in [0.1, 0.15) is 22.6 Å². The second-order valence-electron chi connectivity index (χ2n) is 6.75. The Morgan fingerprint density at radius 2 is 1.58 bits per heavy atom. The first-order chi connectivity index (χ1) is 16.9. The van der Waals surface area contributed by atoms with Crippen molar-refractivity contribution in [2.75, 3.05) is 19.5 Å². The minimum atomic E-state index is -5.31. The minimum absolute atomic E-state index is 0.259. The predicted molar refractivity (Wildman–Crippen MR) is 109 cm³/mol. The maximum Gasteiger partial charge on any atom is 0.422 e. The molecule has 3 rings (SSSR count). The number of hydrogen-bond donors (Lipinski definition) is 2. The van der Waals surface area contributed by atoms with Gasteiger partial charge in [0, 0.05) is 6.07 Å². The first kappa shape index (κ1) is 26.1. The van der Waals surface area contributed by atoms with E-state index < -0.39 is 75.4 Å². The Balaban J connectivity index is 2.17. The van der Waals surface area contributed by atoms with Gasteiger partial charge in [-0.2, -0.15) is 17.6 Å². The first-order valence-corrected chi connectivity index (χ1v) is 9.49. The van der Waals surface area contributed by atoms with Crippen molar-refractivity contribution in [2.45, 2.75) is 6.18 Å². The molecule has 190 valence electrons. The molecule has 0 aliphatic heterocycles. The third kappa shape index (κ3) is 5.08. The van der Waals surface area contributed by atoms with Crippen molar-refractivity contribution in [3.8, 4) is 23.0 Å². The van der Waals surface area contributed by atoms with E-state index in [9.17, 15) is 31.5 Å². The molecule has 0 bridgehead atoms. The van der Waals surface area contributed by atoms with Crippen LogP contribution in [0, 0.1) is 17.5 Å². The molecule has 0 aliphatic carbocycles. The van der Waals surface area contributed by atoms with Gasteiger partial charge >= 0.3 is 6.18 Å². The number of alkyl halides is 3. The second kappa shape index (κ2) is 9.97. The molecule has 1 heterocycles. The number of carbonyl (C=O) groups excluding carboxylic acids is 2. The largest absolute Gasteiger partial charge is 0.496 e. The van der Waals surface area contributed by atoms with E-state index >= 15 is 4.39 Å². The van der Waals surface area contributed by atoms with Crippen LogP contribution in [-0.4, -0.2) is 36.0 Å². The molecule has 0 spiro atoms. The summed E-state index contributed by atoms with van der Waals surface area (Å²) < 4.78 is 98.3. The SMILES string of the molecule is COc1cc(Oc2ccc(F)c(F)c2OC)c(C(=O)Nc2cnc(C(N)=O)nc2)c(F)c1C(F)(F)F. The average Bonchev–Trinajstić information content (AvgIpc) is 2.80. The van der Waals surface area contributed by atoms with Crippen LogP contribution in [0.2, 0.25) is 0 Å². The normalized spacial score (nSPS) is 11.1. The summed E-state index contributed by atoms with van der Waals surface area (Å²) in [5.41, 5.74) is 1.53. The Bertz CT molecular complexity index is 1330. The number of ether oxygens (including phenoxy) is 3. The summed E-state index contributed by atoms with van der Waals surface area (Å²) in [6.45, 7) is 0. The van der Waals surface area contributed by atoms with Gasteiger partial charge in [0.2, 0.25) is 17.4 Å². The Hall–Kier alpha value is -4.56. The summed E-state index contributed by atoms with van der Waals surface area (Å²) in [7, 11) is 1.76. The predicted octanol–water partition coefficient (Wildman–Crippen LogP) is 4.07. The summed E-state index contributed by atoms with van der Waals surface area (Å²) in [5.74, 6) is -11.2. The molecular weight excluding hydrogens is 502 g/mol. The molecule has 0 atom stereocenters. The van der Waals surface area contributed by atoms with Crippen LogP contribution in [0.3, 0.4) is 0 Å². The molecule has 9 nitrogen and oxygen atoms in total. The summed E-state index contributed by atoms with van der Waals surface area (Å²) in [4.78, 5) is 31.0. The molecule has 0 fully saturated rings. The lowest BCUT2D eigenvalue weighted by Gasteiger charge is -2.19. The number of anilines is 1. The Morgan fingerprint density at radius 1 is 0.944 bits per heavy atom. The molecular formula is C21H14F6N4O5. The number of rotatable bonds is 7. The number of methoxy groups -OCH3 is 2. The summed E-state index contributed by atoms with van der Waals surface area (Å²) in [5, 5.41) is 2.05. The third-order valence-corrected chi connectivity index (χ3v) is 4.49. The second-order valence-corrected chi connectivity index (χ2v) is 6.75. The number of nitrogens with zero attached hydrogens (tertiary/aromatic N) is 2. The van der Waals surface area contributed by atoms with Crippen molar-refractivity contribution in [3.05, 3.63) is 65.0 Å². The Kier molecular flexibility index (Phi) is 7.22. The number of primary amides is 1. The van der Waals surface area contributed by atoms with Crippen LogP contribution in [0.25, 0.3) is 0 Å². The zero-order chi connectivity index (χ0) is 26.8. The fraction of sp³-hybridized carbons (Fsp3) is 0.143. The van der Waals surface area contributed by atoms with Gasteiger partial charge in [0.15, 0.2) is 17.4 Å². The van der Waals surface area contributed by atoms with E-state index in [1.165, 1.54) is 0 Å². The topological polar surface area (TPSA) is 126 Å². The molecule has 15 heteroatoms. The lowest BCUT2D eigenvalue weighted by molar-refractivity contribution is -0.141. The number of nitrogens with two attached hydrogens (primary N) is 1. The highest BCUT2D eigenvalue weighted by molar-refractivity contribution is 6.07. The highest BCUT2D eigenvalue weighted by Crippen LogP contribution is 2.45. The molecule has 1 aromatic heterocycles. The number of halogens is 6. The molecule has 0 radical (unpaired) electrons. The summed E-state index contributed by atoms with van der Waals surface area (Å²) in [6, 6.07) is 1.99. The maximum absolute atomic E-state index is 15.2. The number of benzene rings is 2. The molecule has 2 aromatic carbocycles. The quantitative estimate of drug-likeness (QED) is 0.454. The Morgan fingerprint density at radius 3 is 2.11 bits per heavy atom. The molecule has 3 N–H and O–H groups in total. The van der Waals surface area contributed by atoms with Crippen molar-refractivity contribution in [1.29, 1.82) is 0 Å². The number of carbonyl (C=O) groups is 2. The van der Waals surface area contributed by atoms with Crippen LogP contribution >= 0.6 is 0 Å². The molecule has 3 aromatic rings. The van der Waals surface area contributed by atoms with Crippen molar-refractivity contribution < 1.29 is 50.1 Å². The van der Waals surface area contributed by atoms with Crippen molar-refractivity contribution in [2.24, 2.45) is 5.73 Å². The number of aromatic nitrogens is 2. The number of amides is 2. The molecule has 2 amide bonds. The van der Waals surface area contributed by atoms with Crippen LogP contribution in [0.15, 0.2) is 30.6 Å². The highest BCUT2D eigenvalue weighted by atomic mass is 19.4. The summed E-state index contributed by atoms with van der Waals surface area (Å²) in [6.07, 6.45) is -3.54. The standard InChI is InChI=1S/C21H14F6N4O5/c1-34-12-5-11(36-10-4-3-9(22)15(23)17(10)35-2)13(16(24)14(12)21(25,26)27)20(33)31-8-6-29-19(18(28)32)30-7-8/h3-7H,1-2H3,(H2,28,32)(H,31,33). The van der Waals surface area contributed by atoms with E-state index in [-0.39, 0.29) is 5.69 Å².